The molecule has 0 amide bonds. The zero-order chi connectivity index (χ0) is 24.0. The van der Waals surface area contributed by atoms with Gasteiger partial charge in [0.25, 0.3) is 0 Å². The number of nitrogens with zero attached hydrogens (tertiary/aromatic N) is 1. The van der Waals surface area contributed by atoms with Gasteiger partial charge in [-0.25, -0.2) is 18.4 Å². The van der Waals surface area contributed by atoms with Crippen LogP contribution in [0.2, 0.25) is 10.0 Å². The number of rotatable bonds is 5. The summed E-state index contributed by atoms with van der Waals surface area (Å²) in [4.78, 5) is 24.7. The van der Waals surface area contributed by atoms with Crippen molar-refractivity contribution in [3.8, 4) is 0 Å². The number of nitrogens with two attached hydrogens (primary N) is 1. The highest BCUT2D eigenvalue weighted by Gasteiger charge is 2.37. The van der Waals surface area contributed by atoms with Gasteiger partial charge in [-0.15, -0.1) is 0 Å². The summed E-state index contributed by atoms with van der Waals surface area (Å²) in [6.07, 6.45) is 1.38. The van der Waals surface area contributed by atoms with Crippen LogP contribution in [-0.2, 0) is 16.4 Å². The average Bonchev–Trinajstić information content (AvgIpc) is 2.65. The number of benzene rings is 2. The highest BCUT2D eigenvalue weighted by Crippen LogP contribution is 2.36. The van der Waals surface area contributed by atoms with Crippen molar-refractivity contribution in [2.75, 3.05) is 0 Å². The van der Waals surface area contributed by atoms with Gasteiger partial charge in [0, 0.05) is 11.6 Å². The van der Waals surface area contributed by atoms with Gasteiger partial charge in [-0.05, 0) is 41.2 Å². The Labute approximate surface area is 195 Å². The van der Waals surface area contributed by atoms with Crippen LogP contribution in [0.15, 0.2) is 47.4 Å². The first-order valence-corrected chi connectivity index (χ1v) is 11.9. The van der Waals surface area contributed by atoms with Gasteiger partial charge in [0.15, 0.2) is 5.37 Å². The summed E-state index contributed by atoms with van der Waals surface area (Å²) < 4.78 is 26.2. The SMILES string of the molecule is CC(C)(C)C(n1cc(C(=O)O)c(=O)c2cc(Cc3cccc(Cl)c3Cl)ccc21)S(N)(=O)=O. The number of primary sulfonamides is 1. The Hall–Kier alpha value is -2.39. The summed E-state index contributed by atoms with van der Waals surface area (Å²) >= 11 is 12.3. The van der Waals surface area contributed by atoms with E-state index in [1.807, 2.05) is 0 Å². The number of hydrogen-bond acceptors (Lipinski definition) is 4. The van der Waals surface area contributed by atoms with E-state index in [1.54, 1.807) is 57.2 Å². The zero-order valence-corrected chi connectivity index (χ0v) is 19.9. The van der Waals surface area contributed by atoms with Crippen molar-refractivity contribution >= 4 is 50.1 Å². The summed E-state index contributed by atoms with van der Waals surface area (Å²) in [7, 11) is -4.16. The van der Waals surface area contributed by atoms with Crippen molar-refractivity contribution in [1.82, 2.24) is 4.57 Å². The summed E-state index contributed by atoms with van der Waals surface area (Å²) in [5.74, 6) is -1.46. The summed E-state index contributed by atoms with van der Waals surface area (Å²) in [5, 5.41) is 14.6. The van der Waals surface area contributed by atoms with Crippen LogP contribution in [-0.4, -0.2) is 24.1 Å². The Bertz CT molecular complexity index is 1390. The average molecular weight is 497 g/mol. The molecule has 32 heavy (non-hydrogen) atoms. The Morgan fingerprint density at radius 2 is 1.84 bits per heavy atom. The molecule has 1 atom stereocenters. The molecule has 0 aliphatic carbocycles. The first-order valence-electron chi connectivity index (χ1n) is 9.57. The number of carboxylic acids is 1. The van der Waals surface area contributed by atoms with Gasteiger partial charge in [0.2, 0.25) is 15.5 Å². The molecule has 3 aromatic rings. The van der Waals surface area contributed by atoms with Crippen LogP contribution in [0.5, 0.6) is 0 Å². The maximum Gasteiger partial charge on any atom is 0.341 e. The van der Waals surface area contributed by atoms with Gasteiger partial charge in [0.05, 0.1) is 15.6 Å². The summed E-state index contributed by atoms with van der Waals surface area (Å²) in [5.41, 5.74) is -0.493. The van der Waals surface area contributed by atoms with Crippen LogP contribution < -0.4 is 10.6 Å². The predicted molar refractivity (Wildman–Crippen MR) is 126 cm³/mol. The van der Waals surface area contributed by atoms with Crippen molar-refractivity contribution in [3.05, 3.63) is 79.6 Å². The first kappa shape index (κ1) is 24.3. The molecule has 0 spiro atoms. The van der Waals surface area contributed by atoms with E-state index in [1.165, 1.54) is 4.57 Å². The zero-order valence-electron chi connectivity index (χ0n) is 17.6. The number of carbonyl (C=O) groups is 1. The quantitative estimate of drug-likeness (QED) is 0.541. The van der Waals surface area contributed by atoms with Gasteiger partial charge in [-0.2, -0.15) is 0 Å². The molecule has 0 aliphatic heterocycles. The molecule has 170 valence electrons. The molecule has 1 aromatic heterocycles. The van der Waals surface area contributed by atoms with E-state index in [0.717, 1.165) is 11.8 Å². The predicted octanol–water partition coefficient (Wildman–Crippen LogP) is 4.43. The minimum absolute atomic E-state index is 0.0680. The lowest BCUT2D eigenvalue weighted by Crippen LogP contribution is -2.37. The highest BCUT2D eigenvalue weighted by atomic mass is 35.5. The van der Waals surface area contributed by atoms with E-state index in [0.29, 0.717) is 22.0 Å². The molecule has 0 aliphatic rings. The number of aromatic nitrogens is 1. The third-order valence-corrected chi connectivity index (χ3v) is 7.47. The van der Waals surface area contributed by atoms with E-state index in [9.17, 15) is 23.1 Å². The van der Waals surface area contributed by atoms with Crippen LogP contribution >= 0.6 is 23.2 Å². The van der Waals surface area contributed by atoms with E-state index in [4.69, 9.17) is 28.3 Å². The van der Waals surface area contributed by atoms with Gasteiger partial charge >= 0.3 is 5.97 Å². The molecule has 0 radical (unpaired) electrons. The maximum atomic E-state index is 12.9. The molecular formula is C22H22Cl2N2O5S. The molecule has 0 bridgehead atoms. The van der Waals surface area contributed by atoms with Crippen molar-refractivity contribution in [1.29, 1.82) is 0 Å². The van der Waals surface area contributed by atoms with Gasteiger partial charge < -0.3 is 9.67 Å². The van der Waals surface area contributed by atoms with Crippen molar-refractivity contribution in [3.63, 3.8) is 0 Å². The smallest absolute Gasteiger partial charge is 0.341 e. The van der Waals surface area contributed by atoms with Gasteiger partial charge in [-0.3, -0.25) is 4.79 Å². The Kier molecular flexibility index (Phi) is 6.45. The van der Waals surface area contributed by atoms with Crippen LogP contribution in [0.3, 0.4) is 0 Å². The van der Waals surface area contributed by atoms with Crippen LogP contribution in [0.1, 0.15) is 47.6 Å². The standard InChI is InChI=1S/C22H22Cl2N2O5S/c1-22(2,3)21(32(25,30)31)26-11-15(20(28)29)19(27)14-10-12(7-8-17(14)26)9-13-5-4-6-16(23)18(13)24/h4-8,10-11,21H,9H2,1-3H3,(H,28,29)(H2,25,30,31). The molecule has 0 fully saturated rings. The Morgan fingerprint density at radius 1 is 1.19 bits per heavy atom. The van der Waals surface area contributed by atoms with Crippen LogP contribution in [0.4, 0.5) is 0 Å². The molecule has 1 heterocycles. The summed E-state index contributed by atoms with van der Waals surface area (Å²) in [6.45, 7) is 5.01. The van der Waals surface area contributed by atoms with E-state index >= 15 is 0 Å². The number of carboxylic acid groups (broad SMARTS) is 1. The molecule has 3 rings (SSSR count). The van der Waals surface area contributed by atoms with Gasteiger partial charge in [-0.1, -0.05) is 62.2 Å². The molecule has 10 heteroatoms. The fourth-order valence-corrected chi connectivity index (χ4v) is 5.70. The molecular weight excluding hydrogens is 475 g/mol. The minimum atomic E-state index is -4.16. The lowest BCUT2D eigenvalue weighted by Gasteiger charge is -2.32. The van der Waals surface area contributed by atoms with Crippen LogP contribution in [0.25, 0.3) is 10.9 Å². The fraction of sp³-hybridized carbons (Fsp3) is 0.273. The molecule has 1 unspecified atom stereocenters. The van der Waals surface area contributed by atoms with Gasteiger partial charge in [0.1, 0.15) is 5.56 Å². The molecule has 0 saturated heterocycles. The molecule has 0 saturated carbocycles. The highest BCUT2D eigenvalue weighted by molar-refractivity contribution is 7.89. The largest absolute Gasteiger partial charge is 0.477 e. The molecule has 2 aromatic carbocycles. The number of halogens is 2. The van der Waals surface area contributed by atoms with Crippen molar-refractivity contribution < 1.29 is 18.3 Å². The third kappa shape index (κ3) is 4.68. The second-order valence-electron chi connectivity index (χ2n) is 8.63. The number of pyridine rings is 1. The normalized spacial score (nSPS) is 13.3. The van der Waals surface area contributed by atoms with Crippen molar-refractivity contribution in [2.24, 2.45) is 10.6 Å². The van der Waals surface area contributed by atoms with Crippen molar-refractivity contribution in [2.45, 2.75) is 32.6 Å². The third-order valence-electron chi connectivity index (χ3n) is 5.06. The molecule has 3 N–H and O–H groups in total. The lowest BCUT2D eigenvalue weighted by molar-refractivity contribution is 0.0694. The summed E-state index contributed by atoms with van der Waals surface area (Å²) in [6, 6.07) is 10.0. The number of sulfonamides is 1. The monoisotopic (exact) mass is 496 g/mol. The second kappa shape index (κ2) is 8.51. The second-order valence-corrected chi connectivity index (χ2v) is 11.0. The maximum absolute atomic E-state index is 12.9. The van der Waals surface area contributed by atoms with E-state index in [-0.39, 0.29) is 10.9 Å². The first-order chi connectivity index (χ1) is 14.7. The van der Waals surface area contributed by atoms with E-state index in [2.05, 4.69) is 0 Å². The van der Waals surface area contributed by atoms with E-state index < -0.39 is 37.8 Å². The Morgan fingerprint density at radius 3 is 2.41 bits per heavy atom. The number of fused-ring (bicyclic) bond motifs is 1. The number of hydrogen-bond donors (Lipinski definition) is 2. The lowest BCUT2D eigenvalue weighted by atomic mass is 9.95. The Balaban J connectivity index is 2.31. The minimum Gasteiger partial charge on any atom is -0.477 e. The fourth-order valence-electron chi connectivity index (χ4n) is 3.83. The topological polar surface area (TPSA) is 119 Å². The van der Waals surface area contributed by atoms with Crippen LogP contribution in [0, 0.1) is 5.41 Å². The molecule has 7 nitrogen and oxygen atoms in total. The number of aromatic carboxylic acids is 1.